The zero-order valence-electron chi connectivity index (χ0n) is 8.13. The molecule has 0 radical (unpaired) electrons. The molecule has 0 fully saturated rings. The molecule has 0 saturated heterocycles. The van der Waals surface area contributed by atoms with E-state index in [-0.39, 0.29) is 6.07 Å². The van der Waals surface area contributed by atoms with E-state index in [2.05, 4.69) is 4.74 Å². The standard InChI is InChI=1S/C8H4F4O4S/c1-16-8(13)3-2-4(17(12,14)15)6(10)7(11)5(3)9/h2H,1H3. The monoisotopic (exact) mass is 272 g/mol. The predicted molar refractivity (Wildman–Crippen MR) is 45.9 cm³/mol. The van der Waals surface area contributed by atoms with Crippen molar-refractivity contribution in [3.8, 4) is 0 Å². The minimum atomic E-state index is -5.63. The van der Waals surface area contributed by atoms with E-state index in [9.17, 15) is 30.3 Å². The molecule has 0 spiro atoms. The highest BCUT2D eigenvalue weighted by Gasteiger charge is 2.29. The highest BCUT2D eigenvalue weighted by Crippen LogP contribution is 2.25. The highest BCUT2D eigenvalue weighted by molar-refractivity contribution is 7.86. The molecule has 94 valence electrons. The van der Waals surface area contributed by atoms with Crippen molar-refractivity contribution in [2.45, 2.75) is 4.90 Å². The quantitative estimate of drug-likeness (QED) is 0.355. The van der Waals surface area contributed by atoms with E-state index < -0.39 is 44.1 Å². The number of hydrogen-bond donors (Lipinski definition) is 0. The van der Waals surface area contributed by atoms with Gasteiger partial charge in [0.2, 0.25) is 0 Å². The third-order valence-corrected chi connectivity index (χ3v) is 2.60. The summed E-state index contributed by atoms with van der Waals surface area (Å²) in [5.74, 6) is -7.94. The number of halogens is 4. The van der Waals surface area contributed by atoms with Gasteiger partial charge in [0.1, 0.15) is 4.90 Å². The molecule has 0 N–H and O–H groups in total. The van der Waals surface area contributed by atoms with E-state index in [1.54, 1.807) is 0 Å². The first kappa shape index (κ1) is 13.4. The van der Waals surface area contributed by atoms with E-state index in [1.807, 2.05) is 0 Å². The van der Waals surface area contributed by atoms with Gasteiger partial charge in [-0.15, -0.1) is 3.89 Å². The molecule has 0 saturated carbocycles. The van der Waals surface area contributed by atoms with Crippen LogP contribution in [-0.4, -0.2) is 21.5 Å². The molecule has 0 amide bonds. The SMILES string of the molecule is COC(=O)c1cc(S(=O)(=O)F)c(F)c(F)c1F. The Labute approximate surface area is 93.0 Å². The lowest BCUT2D eigenvalue weighted by atomic mass is 10.2. The maximum absolute atomic E-state index is 13.0. The first-order valence-electron chi connectivity index (χ1n) is 3.90. The zero-order valence-corrected chi connectivity index (χ0v) is 8.95. The summed E-state index contributed by atoms with van der Waals surface area (Å²) in [5.41, 5.74) is -1.22. The van der Waals surface area contributed by atoms with Gasteiger partial charge in [-0.3, -0.25) is 0 Å². The zero-order chi connectivity index (χ0) is 13.4. The van der Waals surface area contributed by atoms with Crippen LogP contribution in [0.25, 0.3) is 0 Å². The first-order chi connectivity index (χ1) is 7.70. The normalized spacial score (nSPS) is 11.4. The molecular formula is C8H4F4O4S. The summed E-state index contributed by atoms with van der Waals surface area (Å²) in [6, 6.07) is 0.0227. The number of carbonyl (C=O) groups is 1. The molecule has 0 atom stereocenters. The van der Waals surface area contributed by atoms with Gasteiger partial charge in [0.15, 0.2) is 17.5 Å². The van der Waals surface area contributed by atoms with Crippen molar-refractivity contribution in [1.29, 1.82) is 0 Å². The van der Waals surface area contributed by atoms with Crippen LogP contribution < -0.4 is 0 Å². The molecular weight excluding hydrogens is 268 g/mol. The molecule has 0 aliphatic rings. The Balaban J connectivity index is 3.68. The molecule has 0 aliphatic heterocycles. The molecule has 0 bridgehead atoms. The summed E-state index contributed by atoms with van der Waals surface area (Å²) < 4.78 is 76.2. The van der Waals surface area contributed by atoms with Gasteiger partial charge in [-0.1, -0.05) is 0 Å². The lowest BCUT2D eigenvalue weighted by Gasteiger charge is -2.05. The summed E-state index contributed by atoms with van der Waals surface area (Å²) in [6.07, 6.45) is 0. The van der Waals surface area contributed by atoms with Crippen molar-refractivity contribution in [3.05, 3.63) is 29.1 Å². The summed E-state index contributed by atoms with van der Waals surface area (Å²) >= 11 is 0. The van der Waals surface area contributed by atoms with Crippen LogP contribution in [0.3, 0.4) is 0 Å². The fourth-order valence-electron chi connectivity index (χ4n) is 1.02. The smallest absolute Gasteiger partial charge is 0.341 e. The van der Waals surface area contributed by atoms with E-state index in [0.717, 1.165) is 7.11 Å². The van der Waals surface area contributed by atoms with Crippen molar-refractivity contribution >= 4 is 16.2 Å². The van der Waals surface area contributed by atoms with Crippen LogP contribution >= 0.6 is 0 Å². The van der Waals surface area contributed by atoms with Gasteiger partial charge in [0.05, 0.1) is 12.7 Å². The van der Waals surface area contributed by atoms with Crippen LogP contribution in [0, 0.1) is 17.5 Å². The Kier molecular flexibility index (Phi) is 3.41. The highest BCUT2D eigenvalue weighted by atomic mass is 32.3. The number of carbonyl (C=O) groups excluding carboxylic acids is 1. The van der Waals surface area contributed by atoms with Gasteiger partial charge < -0.3 is 4.74 Å². The van der Waals surface area contributed by atoms with Gasteiger partial charge in [0, 0.05) is 0 Å². The van der Waals surface area contributed by atoms with Crippen molar-refractivity contribution < 1.29 is 35.0 Å². The molecule has 1 aromatic rings. The van der Waals surface area contributed by atoms with E-state index in [4.69, 9.17) is 0 Å². The average molecular weight is 272 g/mol. The Bertz CT molecular complexity index is 582. The third kappa shape index (κ3) is 2.38. The molecule has 1 aromatic carbocycles. The summed E-state index contributed by atoms with van der Waals surface area (Å²) in [7, 11) is -4.83. The summed E-state index contributed by atoms with van der Waals surface area (Å²) in [5, 5.41) is 0. The molecule has 0 aliphatic carbocycles. The Morgan fingerprint density at radius 3 is 2.12 bits per heavy atom. The van der Waals surface area contributed by atoms with E-state index in [1.165, 1.54) is 0 Å². The minimum absolute atomic E-state index is 0.0227. The fourth-order valence-corrected chi connectivity index (χ4v) is 1.58. The van der Waals surface area contributed by atoms with Gasteiger partial charge in [-0.05, 0) is 6.07 Å². The Hall–Kier alpha value is -1.64. The number of hydrogen-bond acceptors (Lipinski definition) is 4. The van der Waals surface area contributed by atoms with Crippen LogP contribution in [0.15, 0.2) is 11.0 Å². The fraction of sp³-hybridized carbons (Fsp3) is 0.125. The second kappa shape index (κ2) is 4.32. The van der Waals surface area contributed by atoms with Crippen LogP contribution in [0.2, 0.25) is 0 Å². The molecule has 9 heteroatoms. The van der Waals surface area contributed by atoms with Crippen LogP contribution in [0.1, 0.15) is 10.4 Å². The second-order valence-electron chi connectivity index (χ2n) is 2.79. The van der Waals surface area contributed by atoms with Crippen LogP contribution in [-0.2, 0) is 15.0 Å². The lowest BCUT2D eigenvalue weighted by molar-refractivity contribution is 0.0593. The maximum Gasteiger partial charge on any atom is 0.341 e. The first-order valence-corrected chi connectivity index (χ1v) is 5.29. The Morgan fingerprint density at radius 2 is 1.71 bits per heavy atom. The largest absolute Gasteiger partial charge is 0.465 e. The molecule has 17 heavy (non-hydrogen) atoms. The number of ether oxygens (including phenoxy) is 1. The predicted octanol–water partition coefficient (Wildman–Crippen LogP) is 1.55. The van der Waals surface area contributed by atoms with Crippen molar-refractivity contribution in [2.24, 2.45) is 0 Å². The molecule has 4 nitrogen and oxygen atoms in total. The molecule has 0 unspecified atom stereocenters. The van der Waals surface area contributed by atoms with Crippen LogP contribution in [0.4, 0.5) is 17.1 Å². The number of benzene rings is 1. The van der Waals surface area contributed by atoms with Crippen molar-refractivity contribution in [1.82, 2.24) is 0 Å². The summed E-state index contributed by atoms with van der Waals surface area (Å²) in [6.45, 7) is 0. The minimum Gasteiger partial charge on any atom is -0.465 e. The third-order valence-electron chi connectivity index (χ3n) is 1.78. The van der Waals surface area contributed by atoms with Gasteiger partial charge >= 0.3 is 16.2 Å². The van der Waals surface area contributed by atoms with Gasteiger partial charge in [0.25, 0.3) is 0 Å². The lowest BCUT2D eigenvalue weighted by Crippen LogP contribution is -2.11. The van der Waals surface area contributed by atoms with Gasteiger partial charge in [-0.2, -0.15) is 8.42 Å². The van der Waals surface area contributed by atoms with E-state index >= 15 is 0 Å². The number of rotatable bonds is 2. The number of methoxy groups -OCH3 is 1. The van der Waals surface area contributed by atoms with Crippen molar-refractivity contribution in [3.63, 3.8) is 0 Å². The number of esters is 1. The van der Waals surface area contributed by atoms with Crippen molar-refractivity contribution in [2.75, 3.05) is 7.11 Å². The molecule has 0 aromatic heterocycles. The molecule has 1 rings (SSSR count). The van der Waals surface area contributed by atoms with Crippen LogP contribution in [0.5, 0.6) is 0 Å². The average Bonchev–Trinajstić information content (AvgIpc) is 2.23. The molecule has 0 heterocycles. The maximum atomic E-state index is 13.0. The summed E-state index contributed by atoms with van der Waals surface area (Å²) in [4.78, 5) is 9.14. The second-order valence-corrected chi connectivity index (χ2v) is 4.11. The topological polar surface area (TPSA) is 60.4 Å². The van der Waals surface area contributed by atoms with E-state index in [0.29, 0.717) is 0 Å². The van der Waals surface area contributed by atoms with Gasteiger partial charge in [-0.25, -0.2) is 18.0 Å². The Morgan fingerprint density at radius 1 is 1.18 bits per heavy atom.